The standard InChI is InChI=1S/C40H64O25S5/c1-22-29(62-67(47,48)49)31(64-69(53,54)55)30(63-68(50,51)52)26(61-22)19-40(65-70(56,57)58,21-60-66(44,45)46)20-59-28-10-11-37(6)27(34(28,2)3)9-12-39(8)32(37)25(41)17-23-24-18-36(5,33(42)43)14-13-35(24,4)15-16-38(23,39)7/h17,22,24,26-32H,9-16,18-21H2,1-8H3,(H,42,43)(H,44,45,46)(H,47,48,49)(H,50,51,52)(H,53,54,55)(H,56,57,58)/t22-,24-,26-,27-,28-,29+,30+,31+,32+,35+,36-,37-,38+,39+,40?/m0/s1. The van der Waals surface area contributed by atoms with E-state index in [4.69, 9.17) is 13.7 Å². The van der Waals surface area contributed by atoms with Crippen LogP contribution in [0.5, 0.6) is 0 Å². The summed E-state index contributed by atoms with van der Waals surface area (Å²) >= 11 is 0. The zero-order valence-corrected chi connectivity index (χ0v) is 43.8. The summed E-state index contributed by atoms with van der Waals surface area (Å²) in [5.74, 6) is -1.90. The molecule has 5 fully saturated rings. The topological polar surface area (TPSA) is 391 Å². The van der Waals surface area contributed by atoms with Crippen molar-refractivity contribution >= 4 is 63.7 Å². The molecule has 6 N–H and O–H groups in total. The van der Waals surface area contributed by atoms with Crippen molar-refractivity contribution < 1.29 is 110 Å². The second kappa shape index (κ2) is 18.5. The highest BCUT2D eigenvalue weighted by Crippen LogP contribution is 2.75. The van der Waals surface area contributed by atoms with Gasteiger partial charge in [0.1, 0.15) is 30.5 Å². The molecule has 404 valence electrons. The molecule has 15 atom stereocenters. The van der Waals surface area contributed by atoms with E-state index in [1.165, 1.54) is 0 Å². The van der Waals surface area contributed by atoms with Crippen LogP contribution in [-0.4, -0.2) is 137 Å². The van der Waals surface area contributed by atoms with E-state index in [0.717, 1.165) is 25.3 Å². The van der Waals surface area contributed by atoms with Crippen LogP contribution in [0.2, 0.25) is 0 Å². The van der Waals surface area contributed by atoms with Crippen LogP contribution in [0.4, 0.5) is 0 Å². The van der Waals surface area contributed by atoms with E-state index in [-0.39, 0.29) is 29.5 Å². The molecule has 1 unspecified atom stereocenters. The first-order chi connectivity index (χ1) is 31.4. The molecule has 0 spiro atoms. The van der Waals surface area contributed by atoms with Gasteiger partial charge in [0, 0.05) is 12.3 Å². The highest BCUT2D eigenvalue weighted by Gasteiger charge is 2.71. The van der Waals surface area contributed by atoms with Gasteiger partial charge in [0.15, 0.2) is 5.78 Å². The summed E-state index contributed by atoms with van der Waals surface area (Å²) in [4.78, 5) is 27.5. The van der Waals surface area contributed by atoms with Crippen molar-refractivity contribution in [3.05, 3.63) is 11.6 Å². The summed E-state index contributed by atoms with van der Waals surface area (Å²) in [6, 6.07) is 0. The fourth-order valence-corrected chi connectivity index (χ4v) is 16.5. The number of hydrogen-bond acceptors (Lipinski definition) is 19. The Hall–Kier alpha value is -1.85. The van der Waals surface area contributed by atoms with Crippen molar-refractivity contribution in [1.29, 1.82) is 0 Å². The normalized spacial score (nSPS) is 41.2. The SMILES string of the molecule is C[C@@H]1O[C@@H](CC(CO[C@H]2CC[C@]3(C)[C@H]4C(=O)C=C5[C@@H]6C[C@@](C)(C(=O)O)CC[C@]6(C)CC[C@@]5(C)[C@]4(C)CC[C@H]3C2(C)C)(COS(=O)(=O)O)OS(=O)(=O)O)[C@@H](OS(=O)(=O)O)[C@H](OS(=O)(=O)O)[C@@H]1OS(=O)(=O)O. The molecule has 4 saturated carbocycles. The Morgan fingerprint density at radius 1 is 0.714 bits per heavy atom. The van der Waals surface area contributed by atoms with Gasteiger partial charge in [-0.25, -0.2) is 20.9 Å². The minimum absolute atomic E-state index is 0.0731. The number of carboxylic acids is 1. The van der Waals surface area contributed by atoms with Gasteiger partial charge in [-0.2, -0.15) is 42.1 Å². The average Bonchev–Trinajstić information content (AvgIpc) is 3.15. The number of rotatable bonds is 17. The lowest BCUT2D eigenvalue weighted by Crippen LogP contribution is -2.67. The molecule has 0 radical (unpaired) electrons. The number of allylic oxidation sites excluding steroid dienone is 2. The van der Waals surface area contributed by atoms with Crippen molar-refractivity contribution in [2.24, 2.45) is 50.2 Å². The lowest BCUT2D eigenvalue weighted by molar-refractivity contribution is -0.227. The number of ether oxygens (including phenoxy) is 2. The van der Waals surface area contributed by atoms with Crippen molar-refractivity contribution in [2.45, 2.75) is 162 Å². The predicted molar refractivity (Wildman–Crippen MR) is 238 cm³/mol. The van der Waals surface area contributed by atoms with Gasteiger partial charge >= 0.3 is 58.0 Å². The molecule has 70 heavy (non-hydrogen) atoms. The molecule has 0 bridgehead atoms. The molecule has 1 heterocycles. The van der Waals surface area contributed by atoms with Gasteiger partial charge in [-0.3, -0.25) is 32.4 Å². The molecule has 1 aliphatic heterocycles. The smallest absolute Gasteiger partial charge is 0.398 e. The maximum absolute atomic E-state index is 14.9. The Morgan fingerprint density at radius 2 is 1.27 bits per heavy atom. The number of hydrogen-bond donors (Lipinski definition) is 6. The molecule has 0 aromatic carbocycles. The fourth-order valence-electron chi connectivity index (χ4n) is 14.0. The predicted octanol–water partition coefficient (Wildman–Crippen LogP) is 3.56. The van der Waals surface area contributed by atoms with Crippen LogP contribution in [0.25, 0.3) is 0 Å². The molecule has 6 rings (SSSR count). The lowest BCUT2D eigenvalue weighted by Gasteiger charge is -2.70. The fraction of sp³-hybridized carbons (Fsp3) is 0.900. The molecule has 0 aromatic heterocycles. The number of carbonyl (C=O) groups is 2. The summed E-state index contributed by atoms with van der Waals surface area (Å²) in [7, 11) is -28.6. The summed E-state index contributed by atoms with van der Waals surface area (Å²) in [5, 5.41) is 10.3. The van der Waals surface area contributed by atoms with E-state index in [1.807, 2.05) is 20.8 Å². The maximum atomic E-state index is 14.9. The Bertz CT molecular complexity index is 2690. The molecule has 6 aliphatic rings. The third-order valence-electron chi connectivity index (χ3n) is 17.5. The largest absolute Gasteiger partial charge is 0.481 e. The number of carboxylic acid groups (broad SMARTS) is 1. The van der Waals surface area contributed by atoms with E-state index in [1.54, 1.807) is 13.0 Å². The number of ketones is 1. The van der Waals surface area contributed by atoms with Crippen LogP contribution < -0.4 is 0 Å². The number of fused-ring (bicyclic) bond motifs is 7. The highest BCUT2D eigenvalue weighted by atomic mass is 32.3. The molecule has 30 heteroatoms. The minimum Gasteiger partial charge on any atom is -0.481 e. The van der Waals surface area contributed by atoms with Crippen LogP contribution >= 0.6 is 0 Å². The molecule has 1 saturated heterocycles. The average molecular weight is 1110 g/mol. The lowest BCUT2D eigenvalue weighted by atomic mass is 9.33. The summed E-state index contributed by atoms with van der Waals surface area (Å²) in [6.45, 7) is 12.2. The van der Waals surface area contributed by atoms with Gasteiger partial charge < -0.3 is 14.6 Å². The van der Waals surface area contributed by atoms with Gasteiger partial charge in [-0.1, -0.05) is 47.1 Å². The van der Waals surface area contributed by atoms with E-state index < -0.39 is 153 Å². The van der Waals surface area contributed by atoms with Gasteiger partial charge in [0.2, 0.25) is 0 Å². The Kier molecular flexibility index (Phi) is 15.1. The van der Waals surface area contributed by atoms with Crippen molar-refractivity contribution in [3.63, 3.8) is 0 Å². The van der Waals surface area contributed by atoms with Gasteiger partial charge in [-0.15, -0.1) is 0 Å². The van der Waals surface area contributed by atoms with Gasteiger partial charge in [0.25, 0.3) is 0 Å². The first-order valence-electron chi connectivity index (χ1n) is 22.5. The van der Waals surface area contributed by atoms with E-state index >= 15 is 0 Å². The maximum Gasteiger partial charge on any atom is 0.398 e. The monoisotopic (exact) mass is 1100 g/mol. The summed E-state index contributed by atoms with van der Waals surface area (Å²) in [6.07, 6.45) is -7.79. The van der Waals surface area contributed by atoms with Crippen LogP contribution in [0.15, 0.2) is 11.6 Å². The highest BCUT2D eigenvalue weighted by molar-refractivity contribution is 7.82. The van der Waals surface area contributed by atoms with E-state index in [9.17, 15) is 79.5 Å². The van der Waals surface area contributed by atoms with E-state index in [2.05, 4.69) is 37.5 Å². The minimum atomic E-state index is -5.82. The van der Waals surface area contributed by atoms with Crippen molar-refractivity contribution in [3.8, 4) is 0 Å². The number of carbonyl (C=O) groups excluding carboxylic acids is 1. The molecule has 25 nitrogen and oxygen atoms in total. The first kappa shape index (κ1) is 57.4. The van der Waals surface area contributed by atoms with Crippen molar-refractivity contribution in [1.82, 2.24) is 0 Å². The summed E-state index contributed by atoms with van der Waals surface area (Å²) in [5.41, 5.74) is -5.83. The summed E-state index contributed by atoms with van der Waals surface area (Å²) < 4.78 is 205. The van der Waals surface area contributed by atoms with Crippen LogP contribution in [0.3, 0.4) is 0 Å². The molecule has 0 aromatic rings. The van der Waals surface area contributed by atoms with Crippen molar-refractivity contribution in [2.75, 3.05) is 13.2 Å². The molecular weight excluding hydrogens is 1040 g/mol. The third-order valence-corrected chi connectivity index (χ3v) is 19.8. The van der Waals surface area contributed by atoms with E-state index in [0.29, 0.717) is 38.5 Å². The quantitative estimate of drug-likeness (QED) is 0.113. The second-order valence-corrected chi connectivity index (χ2v) is 27.4. The third kappa shape index (κ3) is 11.4. The molecular formula is C40H64O25S5. The zero-order chi connectivity index (χ0) is 53.1. The molecule has 5 aliphatic carbocycles. The van der Waals surface area contributed by atoms with Crippen LogP contribution in [0.1, 0.15) is 120 Å². The number of aliphatic carboxylic acids is 1. The Morgan fingerprint density at radius 3 is 1.81 bits per heavy atom. The van der Waals surface area contributed by atoms with Crippen LogP contribution in [0, 0.1) is 50.2 Å². The second-order valence-electron chi connectivity index (χ2n) is 22.2. The van der Waals surface area contributed by atoms with Gasteiger partial charge in [-0.05, 0) is 117 Å². The molecule has 0 amide bonds. The first-order valence-corrected chi connectivity index (χ1v) is 29.3. The van der Waals surface area contributed by atoms with Gasteiger partial charge in [0.05, 0.1) is 30.3 Å². The van der Waals surface area contributed by atoms with Crippen LogP contribution in [-0.2, 0) is 92.0 Å². The Labute approximate surface area is 408 Å². The Balaban J connectivity index is 1.36. The zero-order valence-electron chi connectivity index (χ0n) is 39.7.